The molecule has 2 atom stereocenters. The highest BCUT2D eigenvalue weighted by Crippen LogP contribution is 2.58. The molecule has 1 nitrogen and oxygen atoms in total. The highest BCUT2D eigenvalue weighted by Gasteiger charge is 2.56. The first-order chi connectivity index (χ1) is 9.03. The Morgan fingerprint density at radius 2 is 1.68 bits per heavy atom. The molecular formula is C14H14BrCl3O. The fourth-order valence-electron chi connectivity index (χ4n) is 3.32. The lowest BCUT2D eigenvalue weighted by Crippen LogP contribution is -2.55. The zero-order valence-corrected chi connectivity index (χ0v) is 14.1. The summed E-state index contributed by atoms with van der Waals surface area (Å²) in [7, 11) is 0. The maximum Gasteiger partial charge on any atom is 0.157 e. The van der Waals surface area contributed by atoms with E-state index in [2.05, 4.69) is 15.9 Å². The van der Waals surface area contributed by atoms with Gasteiger partial charge in [0.1, 0.15) is 6.10 Å². The number of ether oxygens (including phenoxy) is 1. The molecular weight excluding hydrogens is 370 g/mol. The van der Waals surface area contributed by atoms with Crippen molar-refractivity contribution in [1.29, 1.82) is 0 Å². The van der Waals surface area contributed by atoms with Crippen LogP contribution in [0.25, 0.3) is 0 Å². The van der Waals surface area contributed by atoms with Gasteiger partial charge in [0.05, 0.1) is 10.0 Å². The number of hydrogen-bond donors (Lipinski definition) is 0. The Hall–Kier alpha value is 0.370. The SMILES string of the molecule is Clc1cc(Cl)c(OC2CC(Br)C23CCCC3)c(Cl)c1. The van der Waals surface area contributed by atoms with Crippen molar-refractivity contribution in [2.75, 3.05) is 0 Å². The average molecular weight is 385 g/mol. The van der Waals surface area contributed by atoms with Gasteiger partial charge in [0.25, 0.3) is 0 Å². The minimum atomic E-state index is 0.204. The van der Waals surface area contributed by atoms with Gasteiger partial charge in [-0.15, -0.1) is 0 Å². The molecule has 1 spiro atoms. The Balaban J connectivity index is 1.83. The van der Waals surface area contributed by atoms with E-state index < -0.39 is 0 Å². The van der Waals surface area contributed by atoms with Crippen LogP contribution in [-0.2, 0) is 0 Å². The third-order valence-corrected chi connectivity index (χ3v) is 6.51. The molecule has 0 aliphatic heterocycles. The van der Waals surface area contributed by atoms with Crippen molar-refractivity contribution in [1.82, 2.24) is 0 Å². The van der Waals surface area contributed by atoms with Gasteiger partial charge in [-0.05, 0) is 31.4 Å². The Bertz CT molecular complexity index is 476. The van der Waals surface area contributed by atoms with Crippen molar-refractivity contribution < 1.29 is 4.74 Å². The molecule has 1 aromatic carbocycles. The van der Waals surface area contributed by atoms with Gasteiger partial charge in [0.2, 0.25) is 0 Å². The van der Waals surface area contributed by atoms with Gasteiger partial charge in [-0.1, -0.05) is 63.6 Å². The molecule has 0 saturated heterocycles. The summed E-state index contributed by atoms with van der Waals surface area (Å²) in [5, 5.41) is 1.51. The standard InChI is InChI=1S/C14H14BrCl3O/c15-11-7-12(14(11)3-1-2-4-14)19-13-9(17)5-8(16)6-10(13)18/h5-6,11-12H,1-4,7H2. The molecule has 5 heteroatoms. The van der Waals surface area contributed by atoms with Crippen molar-refractivity contribution in [3.8, 4) is 5.75 Å². The number of benzene rings is 1. The van der Waals surface area contributed by atoms with E-state index in [1.54, 1.807) is 12.1 Å². The summed E-state index contributed by atoms with van der Waals surface area (Å²) in [5.74, 6) is 0.573. The summed E-state index contributed by atoms with van der Waals surface area (Å²) >= 11 is 22.1. The summed E-state index contributed by atoms with van der Waals surface area (Å²) in [4.78, 5) is 0.553. The van der Waals surface area contributed by atoms with Crippen LogP contribution in [0.5, 0.6) is 5.75 Å². The Kier molecular flexibility index (Phi) is 3.98. The van der Waals surface area contributed by atoms with Crippen molar-refractivity contribution in [3.63, 3.8) is 0 Å². The van der Waals surface area contributed by atoms with Crippen LogP contribution in [0.2, 0.25) is 15.1 Å². The van der Waals surface area contributed by atoms with Gasteiger partial charge < -0.3 is 4.74 Å². The Morgan fingerprint density at radius 1 is 1.11 bits per heavy atom. The molecule has 2 aliphatic rings. The van der Waals surface area contributed by atoms with Crippen molar-refractivity contribution in [2.24, 2.45) is 5.41 Å². The monoisotopic (exact) mass is 382 g/mol. The second-order valence-electron chi connectivity index (χ2n) is 5.45. The highest BCUT2D eigenvalue weighted by atomic mass is 79.9. The lowest BCUT2D eigenvalue weighted by molar-refractivity contribution is -0.0302. The summed E-state index contributed by atoms with van der Waals surface area (Å²) in [6.45, 7) is 0. The predicted molar refractivity (Wildman–Crippen MR) is 84.1 cm³/mol. The minimum Gasteiger partial charge on any atom is -0.487 e. The molecule has 2 fully saturated rings. The minimum absolute atomic E-state index is 0.204. The number of hydrogen-bond acceptors (Lipinski definition) is 1. The van der Waals surface area contributed by atoms with Crippen molar-refractivity contribution in [2.45, 2.75) is 43.0 Å². The van der Waals surface area contributed by atoms with E-state index in [-0.39, 0.29) is 11.5 Å². The van der Waals surface area contributed by atoms with Gasteiger partial charge in [-0.2, -0.15) is 0 Å². The molecule has 3 rings (SSSR count). The smallest absolute Gasteiger partial charge is 0.157 e. The van der Waals surface area contributed by atoms with E-state index in [1.807, 2.05) is 0 Å². The quantitative estimate of drug-likeness (QED) is 0.558. The summed E-state index contributed by atoms with van der Waals surface area (Å²) < 4.78 is 6.12. The number of halogens is 4. The van der Waals surface area contributed by atoms with Gasteiger partial charge in [0, 0.05) is 15.3 Å². The van der Waals surface area contributed by atoms with Crippen LogP contribution in [0.15, 0.2) is 12.1 Å². The molecule has 2 unspecified atom stereocenters. The maximum absolute atomic E-state index is 6.19. The van der Waals surface area contributed by atoms with Gasteiger partial charge in [-0.25, -0.2) is 0 Å². The van der Waals surface area contributed by atoms with Gasteiger partial charge in [-0.3, -0.25) is 0 Å². The van der Waals surface area contributed by atoms with Crippen LogP contribution < -0.4 is 4.74 Å². The lowest BCUT2D eigenvalue weighted by Gasteiger charge is -2.51. The Morgan fingerprint density at radius 3 is 2.21 bits per heavy atom. The summed E-state index contributed by atoms with van der Waals surface area (Å²) in [6.07, 6.45) is 6.21. The summed E-state index contributed by atoms with van der Waals surface area (Å²) in [6, 6.07) is 3.35. The zero-order chi connectivity index (χ0) is 13.6. The van der Waals surface area contributed by atoms with Crippen LogP contribution in [0.4, 0.5) is 0 Å². The molecule has 0 amide bonds. The van der Waals surface area contributed by atoms with Crippen LogP contribution in [0, 0.1) is 5.41 Å². The van der Waals surface area contributed by atoms with Crippen molar-refractivity contribution >= 4 is 50.7 Å². The zero-order valence-electron chi connectivity index (χ0n) is 10.3. The highest BCUT2D eigenvalue weighted by molar-refractivity contribution is 9.09. The molecule has 0 heterocycles. The third kappa shape index (κ3) is 2.39. The molecule has 0 N–H and O–H groups in total. The van der Waals surface area contributed by atoms with Crippen LogP contribution in [0.1, 0.15) is 32.1 Å². The third-order valence-electron chi connectivity index (χ3n) is 4.44. The number of alkyl halides is 1. The van der Waals surface area contributed by atoms with E-state index in [1.165, 1.54) is 25.7 Å². The molecule has 1 aromatic rings. The second kappa shape index (κ2) is 5.29. The maximum atomic E-state index is 6.19. The van der Waals surface area contributed by atoms with Gasteiger partial charge >= 0.3 is 0 Å². The van der Waals surface area contributed by atoms with E-state index >= 15 is 0 Å². The first-order valence-corrected chi connectivity index (χ1v) is 8.53. The molecule has 0 bridgehead atoms. The molecule has 0 aromatic heterocycles. The largest absolute Gasteiger partial charge is 0.487 e. The Labute approximate surface area is 136 Å². The first-order valence-electron chi connectivity index (χ1n) is 6.48. The van der Waals surface area contributed by atoms with Crippen LogP contribution in [0.3, 0.4) is 0 Å². The first kappa shape index (κ1) is 14.3. The fourth-order valence-corrected chi connectivity index (χ4v) is 5.31. The molecule has 2 saturated carbocycles. The number of rotatable bonds is 2. The van der Waals surface area contributed by atoms with E-state index in [9.17, 15) is 0 Å². The van der Waals surface area contributed by atoms with E-state index in [0.29, 0.717) is 25.6 Å². The normalized spacial score (nSPS) is 28.4. The molecule has 19 heavy (non-hydrogen) atoms. The van der Waals surface area contributed by atoms with Crippen LogP contribution in [-0.4, -0.2) is 10.9 Å². The summed E-state index contributed by atoms with van der Waals surface area (Å²) in [5.41, 5.74) is 0.270. The van der Waals surface area contributed by atoms with Crippen LogP contribution >= 0.6 is 50.7 Å². The average Bonchev–Trinajstić information content (AvgIpc) is 2.84. The van der Waals surface area contributed by atoms with Crippen molar-refractivity contribution in [3.05, 3.63) is 27.2 Å². The molecule has 0 radical (unpaired) electrons. The predicted octanol–water partition coefficient (Wildman–Crippen LogP) is 6.12. The molecule has 104 valence electrons. The van der Waals surface area contributed by atoms with Gasteiger partial charge in [0.15, 0.2) is 5.75 Å². The fraction of sp³-hybridized carbons (Fsp3) is 0.571. The van der Waals surface area contributed by atoms with E-state index in [4.69, 9.17) is 39.5 Å². The molecule has 2 aliphatic carbocycles. The topological polar surface area (TPSA) is 9.23 Å². The second-order valence-corrected chi connectivity index (χ2v) is 7.80. The lowest BCUT2D eigenvalue weighted by atomic mass is 9.64. The van der Waals surface area contributed by atoms with E-state index in [0.717, 1.165) is 6.42 Å².